The molecule has 120 valence electrons. The van der Waals surface area contributed by atoms with E-state index >= 15 is 0 Å². The summed E-state index contributed by atoms with van der Waals surface area (Å²) in [5, 5.41) is 2.66. The van der Waals surface area contributed by atoms with Crippen LogP contribution in [0.4, 0.5) is 5.69 Å². The van der Waals surface area contributed by atoms with E-state index in [1.807, 2.05) is 12.1 Å². The number of thiocarbonyl (C=S) groups is 1. The number of hydrogen-bond donors (Lipinski definition) is 1. The molecule has 0 unspecified atom stereocenters. The molecule has 2 aliphatic rings. The zero-order valence-corrected chi connectivity index (χ0v) is 14.1. The molecule has 2 aliphatic heterocycles. The van der Waals surface area contributed by atoms with Crippen LogP contribution in [0, 0.1) is 6.92 Å². The van der Waals surface area contributed by atoms with Crippen molar-refractivity contribution < 1.29 is 9.59 Å². The van der Waals surface area contributed by atoms with Gasteiger partial charge in [0, 0.05) is 25.8 Å². The first kappa shape index (κ1) is 15.7. The average molecular weight is 329 g/mol. The zero-order chi connectivity index (χ0) is 16.6. The first-order chi connectivity index (χ1) is 11.0. The van der Waals surface area contributed by atoms with E-state index in [1.54, 1.807) is 13.1 Å². The second-order valence-electron chi connectivity index (χ2n) is 5.92. The van der Waals surface area contributed by atoms with Gasteiger partial charge >= 0.3 is 0 Å². The van der Waals surface area contributed by atoms with Gasteiger partial charge in [-0.3, -0.25) is 19.8 Å². The molecular weight excluding hydrogens is 310 g/mol. The Balaban J connectivity index is 1.90. The van der Waals surface area contributed by atoms with E-state index in [2.05, 4.69) is 23.2 Å². The summed E-state index contributed by atoms with van der Waals surface area (Å²) in [5.74, 6) is -0.820. The van der Waals surface area contributed by atoms with Gasteiger partial charge in [-0.1, -0.05) is 6.07 Å². The third-order valence-corrected chi connectivity index (χ3v) is 4.66. The van der Waals surface area contributed by atoms with Crippen LogP contribution in [0.15, 0.2) is 23.8 Å². The fraction of sp³-hybridized carbons (Fsp3) is 0.353. The molecule has 23 heavy (non-hydrogen) atoms. The minimum absolute atomic E-state index is 0.106. The van der Waals surface area contributed by atoms with Crippen molar-refractivity contribution in [1.82, 2.24) is 10.2 Å². The summed E-state index contributed by atoms with van der Waals surface area (Å²) in [6.45, 7) is 4.23. The normalized spacial score (nSPS) is 20.4. The molecule has 1 N–H and O–H groups in total. The van der Waals surface area contributed by atoms with Gasteiger partial charge in [-0.15, -0.1) is 0 Å². The number of likely N-dealkylation sites (N-methyl/N-ethyl adjacent to an activating group) is 1. The van der Waals surface area contributed by atoms with Crippen molar-refractivity contribution in [3.05, 3.63) is 34.9 Å². The molecule has 6 heteroatoms. The first-order valence-corrected chi connectivity index (χ1v) is 8.09. The van der Waals surface area contributed by atoms with Crippen LogP contribution in [0.5, 0.6) is 0 Å². The molecule has 1 aromatic carbocycles. The number of carbonyl (C=O) groups excluding carboxylic acids is 2. The van der Waals surface area contributed by atoms with Gasteiger partial charge in [0.15, 0.2) is 5.11 Å². The molecule has 0 bridgehead atoms. The fourth-order valence-electron chi connectivity index (χ4n) is 2.99. The van der Waals surface area contributed by atoms with E-state index in [1.165, 1.54) is 23.4 Å². The number of benzene rings is 1. The molecule has 1 aromatic rings. The van der Waals surface area contributed by atoms with Crippen molar-refractivity contribution in [3.8, 4) is 0 Å². The van der Waals surface area contributed by atoms with Gasteiger partial charge in [0.25, 0.3) is 11.8 Å². The van der Waals surface area contributed by atoms with Crippen molar-refractivity contribution in [3.63, 3.8) is 0 Å². The molecule has 0 radical (unpaired) electrons. The Morgan fingerprint density at radius 3 is 2.57 bits per heavy atom. The SMILES string of the molecule is Cc1cc(/C=C2\C(=O)NC(=S)N(C)C2=O)ccc1N1CCCC1. The first-order valence-electron chi connectivity index (χ1n) is 7.68. The van der Waals surface area contributed by atoms with E-state index in [0.29, 0.717) is 0 Å². The van der Waals surface area contributed by atoms with Gasteiger partial charge < -0.3 is 4.90 Å². The molecule has 2 fully saturated rings. The predicted molar refractivity (Wildman–Crippen MR) is 94.1 cm³/mol. The van der Waals surface area contributed by atoms with Crippen LogP contribution in [0.25, 0.3) is 6.08 Å². The van der Waals surface area contributed by atoms with Crippen LogP contribution in [0.1, 0.15) is 24.0 Å². The van der Waals surface area contributed by atoms with E-state index in [0.717, 1.165) is 24.2 Å². The number of nitrogens with zero attached hydrogens (tertiary/aromatic N) is 2. The van der Waals surface area contributed by atoms with E-state index in [-0.39, 0.29) is 16.6 Å². The minimum Gasteiger partial charge on any atom is -0.371 e. The van der Waals surface area contributed by atoms with Crippen molar-refractivity contribution in [2.24, 2.45) is 0 Å². The maximum absolute atomic E-state index is 12.2. The third-order valence-electron chi connectivity index (χ3n) is 4.28. The number of hydrogen-bond acceptors (Lipinski definition) is 4. The zero-order valence-electron chi connectivity index (χ0n) is 13.3. The Hall–Kier alpha value is -2.21. The Morgan fingerprint density at radius 1 is 1.22 bits per heavy atom. The fourth-order valence-corrected chi connectivity index (χ4v) is 3.17. The summed E-state index contributed by atoms with van der Waals surface area (Å²) in [4.78, 5) is 27.9. The molecule has 0 spiro atoms. The highest BCUT2D eigenvalue weighted by Crippen LogP contribution is 2.26. The molecule has 0 saturated carbocycles. The van der Waals surface area contributed by atoms with Gasteiger partial charge in [-0.2, -0.15) is 0 Å². The minimum atomic E-state index is -0.445. The lowest BCUT2D eigenvalue weighted by Gasteiger charge is -2.25. The van der Waals surface area contributed by atoms with Crippen molar-refractivity contribution in [2.45, 2.75) is 19.8 Å². The van der Waals surface area contributed by atoms with Crippen LogP contribution in [-0.4, -0.2) is 42.0 Å². The largest absolute Gasteiger partial charge is 0.371 e. The number of carbonyl (C=O) groups is 2. The number of nitrogens with one attached hydrogen (secondary N) is 1. The Morgan fingerprint density at radius 2 is 1.91 bits per heavy atom. The highest BCUT2D eigenvalue weighted by Gasteiger charge is 2.30. The summed E-state index contributed by atoms with van der Waals surface area (Å²) < 4.78 is 0. The maximum atomic E-state index is 12.2. The maximum Gasteiger partial charge on any atom is 0.265 e. The molecule has 2 amide bonds. The summed E-state index contributed by atoms with van der Waals surface area (Å²) in [7, 11) is 1.56. The monoisotopic (exact) mass is 329 g/mol. The molecule has 0 aromatic heterocycles. The molecule has 2 saturated heterocycles. The van der Waals surface area contributed by atoms with Crippen LogP contribution < -0.4 is 10.2 Å². The average Bonchev–Trinajstić information content (AvgIpc) is 3.03. The van der Waals surface area contributed by atoms with Gasteiger partial charge in [-0.25, -0.2) is 0 Å². The van der Waals surface area contributed by atoms with E-state index in [9.17, 15) is 9.59 Å². The van der Waals surface area contributed by atoms with E-state index in [4.69, 9.17) is 12.2 Å². The molecule has 3 rings (SSSR count). The third kappa shape index (κ3) is 2.99. The Kier molecular flexibility index (Phi) is 4.17. The van der Waals surface area contributed by atoms with Gasteiger partial charge in [0.05, 0.1) is 0 Å². The van der Waals surface area contributed by atoms with Crippen LogP contribution in [0.2, 0.25) is 0 Å². The van der Waals surface area contributed by atoms with Crippen LogP contribution in [-0.2, 0) is 9.59 Å². The molecular formula is C17H19N3O2S. The van der Waals surface area contributed by atoms with Crippen molar-refractivity contribution in [2.75, 3.05) is 25.0 Å². The molecule has 2 heterocycles. The lowest BCUT2D eigenvalue weighted by Crippen LogP contribution is -2.52. The molecule has 5 nitrogen and oxygen atoms in total. The lowest BCUT2D eigenvalue weighted by atomic mass is 10.0. The molecule has 0 atom stereocenters. The number of amides is 2. The van der Waals surface area contributed by atoms with Gasteiger partial charge in [0.2, 0.25) is 0 Å². The van der Waals surface area contributed by atoms with Crippen molar-refractivity contribution >= 4 is 40.9 Å². The summed E-state index contributed by atoms with van der Waals surface area (Å²) in [6.07, 6.45) is 4.08. The highest BCUT2D eigenvalue weighted by molar-refractivity contribution is 7.80. The summed E-state index contributed by atoms with van der Waals surface area (Å²) in [6, 6.07) is 6.02. The smallest absolute Gasteiger partial charge is 0.265 e. The topological polar surface area (TPSA) is 52.7 Å². The number of rotatable bonds is 2. The molecule has 0 aliphatic carbocycles. The Labute approximate surface area is 140 Å². The van der Waals surface area contributed by atoms with Crippen molar-refractivity contribution in [1.29, 1.82) is 0 Å². The van der Waals surface area contributed by atoms with Gasteiger partial charge in [-0.05, 0) is 61.3 Å². The Bertz CT molecular complexity index is 721. The second-order valence-corrected chi connectivity index (χ2v) is 6.31. The highest BCUT2D eigenvalue weighted by atomic mass is 32.1. The predicted octanol–water partition coefficient (Wildman–Crippen LogP) is 1.85. The number of aryl methyl sites for hydroxylation is 1. The van der Waals surface area contributed by atoms with Crippen LogP contribution in [0.3, 0.4) is 0 Å². The van der Waals surface area contributed by atoms with Crippen LogP contribution >= 0.6 is 12.2 Å². The second kappa shape index (κ2) is 6.12. The van der Waals surface area contributed by atoms with Gasteiger partial charge in [0.1, 0.15) is 5.57 Å². The standard InChI is InChI=1S/C17H19N3O2S/c1-11-9-12(5-6-14(11)20-7-3-4-8-20)10-13-15(21)18-17(23)19(2)16(13)22/h5-6,9-10H,3-4,7-8H2,1-2H3,(H,18,21,23)/b13-10+. The summed E-state index contributed by atoms with van der Waals surface area (Å²) >= 11 is 4.94. The van der Waals surface area contributed by atoms with E-state index < -0.39 is 5.91 Å². The lowest BCUT2D eigenvalue weighted by molar-refractivity contribution is -0.128. The number of anilines is 1. The quantitative estimate of drug-likeness (QED) is 0.511. The summed E-state index contributed by atoms with van der Waals surface area (Å²) in [5.41, 5.74) is 3.32.